The van der Waals surface area contributed by atoms with Crippen LogP contribution in [0.25, 0.3) is 0 Å². The van der Waals surface area contributed by atoms with Crippen LogP contribution < -0.4 is 0 Å². The van der Waals surface area contributed by atoms with Crippen LogP contribution in [0.5, 0.6) is 0 Å². The van der Waals surface area contributed by atoms with E-state index >= 15 is 0 Å². The predicted octanol–water partition coefficient (Wildman–Crippen LogP) is 4.05. The van der Waals surface area contributed by atoms with E-state index in [1.807, 2.05) is 0 Å². The third-order valence-corrected chi connectivity index (χ3v) is 3.23. The number of quaternary nitrogens is 1. The van der Waals surface area contributed by atoms with Gasteiger partial charge >= 0.3 is 0 Å². The number of hydrogen-bond acceptors (Lipinski definition) is 1. The highest BCUT2D eigenvalue weighted by Gasteiger charge is 2.12. The zero-order chi connectivity index (χ0) is 11.6. The molecule has 2 heteroatoms. The Balaban J connectivity index is 0. The molecule has 16 heavy (non-hydrogen) atoms. The Hall–Kier alpha value is -0.0800. The van der Waals surface area contributed by atoms with Crippen molar-refractivity contribution in [3.8, 4) is 0 Å². The maximum absolute atomic E-state index is 2.39. The van der Waals surface area contributed by atoms with Gasteiger partial charge in [-0.15, -0.1) is 0 Å². The van der Waals surface area contributed by atoms with Crippen molar-refractivity contribution in [3.05, 3.63) is 0 Å². The second-order valence-corrected chi connectivity index (χ2v) is 5.50. The lowest BCUT2D eigenvalue weighted by molar-refractivity contribution is -0.890. The van der Waals surface area contributed by atoms with E-state index in [1.165, 1.54) is 68.9 Å². The quantitative estimate of drug-likeness (QED) is 0.412. The molecule has 0 aromatic rings. The van der Waals surface area contributed by atoms with Crippen LogP contribution in [0, 0.1) is 0 Å². The maximum Gasteiger partial charge on any atom is 0.0782 e. The summed E-state index contributed by atoms with van der Waals surface area (Å²) in [6.07, 6.45) is 11.2. The van der Waals surface area contributed by atoms with Gasteiger partial charge in [-0.2, -0.15) is 0 Å². The van der Waals surface area contributed by atoms with E-state index in [4.69, 9.17) is 0 Å². The second kappa shape index (κ2) is 11.4. The standard InChI is InChI=1S/C14H32N.H2O/c1-5-7-9-11-13-15(3,4)14-12-10-8-6-2;/h5-14H2,1-4H3;1H2/q+1;/p-1. The summed E-state index contributed by atoms with van der Waals surface area (Å²) in [5.41, 5.74) is 0. The van der Waals surface area contributed by atoms with E-state index in [9.17, 15) is 0 Å². The average molecular weight is 231 g/mol. The molecule has 0 fully saturated rings. The second-order valence-electron chi connectivity index (χ2n) is 5.50. The van der Waals surface area contributed by atoms with Gasteiger partial charge in [0.15, 0.2) is 0 Å². The summed E-state index contributed by atoms with van der Waals surface area (Å²) in [5.74, 6) is 0. The molecular formula is C14H33NO. The van der Waals surface area contributed by atoms with Gasteiger partial charge in [-0.3, -0.25) is 0 Å². The molecule has 0 atom stereocenters. The molecule has 0 aromatic carbocycles. The molecule has 0 aliphatic rings. The van der Waals surface area contributed by atoms with Crippen molar-refractivity contribution in [2.24, 2.45) is 0 Å². The number of nitrogens with zero attached hydrogens (tertiary/aromatic N) is 1. The molecule has 0 heterocycles. The highest BCUT2D eigenvalue weighted by Crippen LogP contribution is 2.08. The first-order valence-electron chi connectivity index (χ1n) is 6.94. The minimum atomic E-state index is 0. The topological polar surface area (TPSA) is 30.0 Å². The Morgan fingerprint density at radius 3 is 1.31 bits per heavy atom. The third-order valence-electron chi connectivity index (χ3n) is 3.23. The molecule has 1 N–H and O–H groups in total. The Morgan fingerprint density at radius 2 is 1.00 bits per heavy atom. The van der Waals surface area contributed by atoms with Gasteiger partial charge < -0.3 is 9.96 Å². The lowest BCUT2D eigenvalue weighted by Crippen LogP contribution is -2.41. The molecule has 0 bridgehead atoms. The van der Waals surface area contributed by atoms with Crippen LogP contribution in [0.1, 0.15) is 65.2 Å². The summed E-state index contributed by atoms with van der Waals surface area (Å²) in [7, 11) is 4.77. The zero-order valence-electron chi connectivity index (χ0n) is 12.0. The number of rotatable bonds is 10. The lowest BCUT2D eigenvalue weighted by Gasteiger charge is -2.30. The first kappa shape index (κ1) is 18.3. The molecule has 0 amide bonds. The van der Waals surface area contributed by atoms with Gasteiger partial charge in [0.25, 0.3) is 0 Å². The van der Waals surface area contributed by atoms with E-state index in [1.54, 1.807) is 0 Å². The highest BCUT2D eigenvalue weighted by atomic mass is 16.0. The van der Waals surface area contributed by atoms with Gasteiger partial charge in [0.05, 0.1) is 27.2 Å². The number of hydrogen-bond donors (Lipinski definition) is 0. The van der Waals surface area contributed by atoms with Crippen LogP contribution >= 0.6 is 0 Å². The van der Waals surface area contributed by atoms with Gasteiger partial charge in [-0.25, -0.2) is 0 Å². The van der Waals surface area contributed by atoms with Crippen molar-refractivity contribution in [1.82, 2.24) is 0 Å². The molecule has 0 radical (unpaired) electrons. The molecule has 0 aliphatic heterocycles. The molecule has 2 nitrogen and oxygen atoms in total. The summed E-state index contributed by atoms with van der Waals surface area (Å²) in [5, 5.41) is 0. The van der Waals surface area contributed by atoms with Crippen LogP contribution in [-0.4, -0.2) is 37.1 Å². The van der Waals surface area contributed by atoms with E-state index in [-0.39, 0.29) is 5.48 Å². The van der Waals surface area contributed by atoms with Crippen molar-refractivity contribution >= 4 is 0 Å². The van der Waals surface area contributed by atoms with Gasteiger partial charge in [0.1, 0.15) is 0 Å². The fraction of sp³-hybridized carbons (Fsp3) is 1.00. The molecule has 0 spiro atoms. The van der Waals surface area contributed by atoms with Crippen molar-refractivity contribution in [2.45, 2.75) is 65.2 Å². The number of unbranched alkanes of at least 4 members (excludes halogenated alkanes) is 6. The van der Waals surface area contributed by atoms with Gasteiger partial charge in [-0.1, -0.05) is 39.5 Å². The average Bonchev–Trinajstić information content (AvgIpc) is 2.20. The highest BCUT2D eigenvalue weighted by molar-refractivity contribution is 4.43. The van der Waals surface area contributed by atoms with Gasteiger partial charge in [-0.05, 0) is 25.7 Å². The van der Waals surface area contributed by atoms with Crippen LogP contribution in [0.3, 0.4) is 0 Å². The summed E-state index contributed by atoms with van der Waals surface area (Å²) in [6.45, 7) is 7.30. The fourth-order valence-electron chi connectivity index (χ4n) is 2.05. The van der Waals surface area contributed by atoms with Crippen molar-refractivity contribution < 1.29 is 9.96 Å². The van der Waals surface area contributed by atoms with Gasteiger partial charge in [0, 0.05) is 0 Å². The fourth-order valence-corrected chi connectivity index (χ4v) is 2.05. The Labute approximate surface area is 103 Å². The van der Waals surface area contributed by atoms with Crippen LogP contribution in [0.2, 0.25) is 0 Å². The third kappa shape index (κ3) is 12.0. The first-order chi connectivity index (χ1) is 7.12. The summed E-state index contributed by atoms with van der Waals surface area (Å²) >= 11 is 0. The SMILES string of the molecule is CCCCCC[N+](C)(C)CCCCCC.[OH-]. The predicted molar refractivity (Wildman–Crippen MR) is 72.1 cm³/mol. The Morgan fingerprint density at radius 1 is 0.625 bits per heavy atom. The zero-order valence-corrected chi connectivity index (χ0v) is 12.0. The monoisotopic (exact) mass is 231 g/mol. The molecule has 0 saturated heterocycles. The summed E-state index contributed by atoms with van der Waals surface area (Å²) in [6, 6.07) is 0. The molecule has 0 unspecified atom stereocenters. The molecule has 0 rings (SSSR count). The first-order valence-corrected chi connectivity index (χ1v) is 6.94. The van der Waals surface area contributed by atoms with E-state index in [2.05, 4.69) is 27.9 Å². The van der Waals surface area contributed by atoms with Crippen molar-refractivity contribution in [1.29, 1.82) is 0 Å². The molecule has 100 valence electrons. The maximum atomic E-state index is 2.39. The van der Waals surface area contributed by atoms with E-state index in [0.717, 1.165) is 0 Å². The lowest BCUT2D eigenvalue weighted by atomic mass is 10.1. The smallest absolute Gasteiger partial charge is 0.0782 e. The minimum absolute atomic E-state index is 0. The van der Waals surface area contributed by atoms with E-state index < -0.39 is 0 Å². The van der Waals surface area contributed by atoms with Crippen LogP contribution in [0.4, 0.5) is 0 Å². The van der Waals surface area contributed by atoms with Crippen molar-refractivity contribution in [3.63, 3.8) is 0 Å². The van der Waals surface area contributed by atoms with Crippen LogP contribution in [-0.2, 0) is 0 Å². The van der Waals surface area contributed by atoms with Crippen molar-refractivity contribution in [2.75, 3.05) is 27.2 Å². The summed E-state index contributed by atoms with van der Waals surface area (Å²) < 4.78 is 1.23. The van der Waals surface area contributed by atoms with Gasteiger partial charge in [0.2, 0.25) is 0 Å². The summed E-state index contributed by atoms with van der Waals surface area (Å²) in [4.78, 5) is 0. The van der Waals surface area contributed by atoms with Crippen LogP contribution in [0.15, 0.2) is 0 Å². The molecule has 0 aromatic heterocycles. The Bertz CT molecular complexity index is 121. The minimum Gasteiger partial charge on any atom is -0.870 e. The molecular weight excluding hydrogens is 198 g/mol. The Kier molecular flexibility index (Phi) is 13.0. The van der Waals surface area contributed by atoms with E-state index in [0.29, 0.717) is 0 Å². The molecule has 0 saturated carbocycles. The largest absolute Gasteiger partial charge is 0.870 e. The molecule has 0 aliphatic carbocycles. The normalized spacial score (nSPS) is 11.2.